The number of anilines is 2. The molecule has 7 heteroatoms. The molecule has 3 aromatic rings. The van der Waals surface area contributed by atoms with Crippen LogP contribution in [0.15, 0.2) is 54.9 Å². The van der Waals surface area contributed by atoms with Crippen molar-refractivity contribution >= 4 is 28.1 Å². The first-order valence-electron chi connectivity index (χ1n) is 6.97. The number of nitrogens with one attached hydrogen (secondary N) is 1. The first kappa shape index (κ1) is 15.8. The molecule has 1 aromatic heterocycles. The summed E-state index contributed by atoms with van der Waals surface area (Å²) in [6.07, 6.45) is -1.49. The van der Waals surface area contributed by atoms with Gasteiger partial charge in [-0.25, -0.2) is 0 Å². The average Bonchev–Trinajstić information content (AvgIpc) is 2.54. The largest absolute Gasteiger partial charge is 0.416 e. The molecule has 24 heavy (non-hydrogen) atoms. The van der Waals surface area contributed by atoms with Crippen LogP contribution >= 0.6 is 0 Å². The second kappa shape index (κ2) is 5.84. The normalized spacial score (nSPS) is 11.5. The van der Waals surface area contributed by atoms with E-state index in [1.165, 1.54) is 6.20 Å². The number of amides is 1. The Morgan fingerprint density at radius 3 is 2.58 bits per heavy atom. The second-order valence-electron chi connectivity index (χ2n) is 5.16. The number of nitrogens with two attached hydrogens (primary N) is 1. The number of halogens is 3. The Morgan fingerprint density at radius 1 is 1.08 bits per heavy atom. The van der Waals surface area contributed by atoms with Gasteiger partial charge in [-0.15, -0.1) is 0 Å². The molecule has 0 saturated carbocycles. The fraction of sp³-hybridized carbons (Fsp3) is 0.0588. The number of pyridine rings is 1. The average molecular weight is 331 g/mol. The van der Waals surface area contributed by atoms with Gasteiger partial charge in [0.15, 0.2) is 0 Å². The standard InChI is InChI=1S/C17H12F3N3O/c18-17(19,20)11-5-6-14(21)13(7-11)16(24)23-15-9-22-8-10-3-1-2-4-12(10)15/h1-9H,21H2,(H,23,24). The fourth-order valence-electron chi connectivity index (χ4n) is 2.34. The van der Waals surface area contributed by atoms with Crippen molar-refractivity contribution in [1.29, 1.82) is 0 Å². The van der Waals surface area contributed by atoms with E-state index in [1.54, 1.807) is 18.3 Å². The molecule has 0 aliphatic carbocycles. The Hall–Kier alpha value is -3.09. The lowest BCUT2D eigenvalue weighted by Gasteiger charge is -2.12. The summed E-state index contributed by atoms with van der Waals surface area (Å²) in [5, 5.41) is 4.10. The van der Waals surface area contributed by atoms with Gasteiger partial charge in [0.1, 0.15) is 0 Å². The van der Waals surface area contributed by atoms with E-state index in [0.717, 1.165) is 29.0 Å². The van der Waals surface area contributed by atoms with Gasteiger partial charge in [-0.2, -0.15) is 13.2 Å². The summed E-state index contributed by atoms with van der Waals surface area (Å²) in [7, 11) is 0. The number of benzene rings is 2. The predicted octanol–water partition coefficient (Wildman–Crippen LogP) is 4.09. The zero-order valence-electron chi connectivity index (χ0n) is 12.3. The van der Waals surface area contributed by atoms with Crippen LogP contribution in [-0.2, 0) is 6.18 Å². The van der Waals surface area contributed by atoms with Crippen LogP contribution < -0.4 is 11.1 Å². The van der Waals surface area contributed by atoms with Gasteiger partial charge >= 0.3 is 6.18 Å². The zero-order chi connectivity index (χ0) is 17.3. The van der Waals surface area contributed by atoms with E-state index in [0.29, 0.717) is 5.69 Å². The van der Waals surface area contributed by atoms with Crippen molar-refractivity contribution < 1.29 is 18.0 Å². The van der Waals surface area contributed by atoms with Crippen LogP contribution in [0.1, 0.15) is 15.9 Å². The van der Waals surface area contributed by atoms with Crippen molar-refractivity contribution in [3.8, 4) is 0 Å². The van der Waals surface area contributed by atoms with E-state index in [-0.39, 0.29) is 11.3 Å². The van der Waals surface area contributed by atoms with Crippen molar-refractivity contribution in [1.82, 2.24) is 4.98 Å². The van der Waals surface area contributed by atoms with E-state index in [2.05, 4.69) is 10.3 Å². The molecule has 4 nitrogen and oxygen atoms in total. The molecule has 0 saturated heterocycles. The van der Waals surface area contributed by atoms with E-state index in [1.807, 2.05) is 12.1 Å². The van der Waals surface area contributed by atoms with Crippen LogP contribution in [0.5, 0.6) is 0 Å². The maximum Gasteiger partial charge on any atom is 0.416 e. The molecule has 0 aliphatic heterocycles. The van der Waals surface area contributed by atoms with Gasteiger partial charge in [0.2, 0.25) is 0 Å². The van der Waals surface area contributed by atoms with Crippen molar-refractivity contribution in [2.24, 2.45) is 0 Å². The lowest BCUT2D eigenvalue weighted by atomic mass is 10.1. The number of rotatable bonds is 2. The van der Waals surface area contributed by atoms with Crippen LogP contribution in [0.25, 0.3) is 10.8 Å². The number of nitrogens with zero attached hydrogens (tertiary/aromatic N) is 1. The Labute approximate surface area is 135 Å². The number of hydrogen-bond acceptors (Lipinski definition) is 3. The maximum atomic E-state index is 12.8. The molecule has 0 atom stereocenters. The summed E-state index contributed by atoms with van der Waals surface area (Å²) >= 11 is 0. The molecule has 0 radical (unpaired) electrons. The fourth-order valence-corrected chi connectivity index (χ4v) is 2.34. The molecule has 0 spiro atoms. The number of nitrogen functional groups attached to an aromatic ring is 1. The minimum atomic E-state index is -4.55. The molecule has 1 amide bonds. The summed E-state index contributed by atoms with van der Waals surface area (Å²) in [5.41, 5.74) is 4.85. The summed E-state index contributed by atoms with van der Waals surface area (Å²) < 4.78 is 38.4. The van der Waals surface area contributed by atoms with Crippen molar-refractivity contribution in [3.63, 3.8) is 0 Å². The summed E-state index contributed by atoms with van der Waals surface area (Å²) in [4.78, 5) is 16.4. The van der Waals surface area contributed by atoms with Crippen LogP contribution in [0.2, 0.25) is 0 Å². The molecule has 3 N–H and O–H groups in total. The van der Waals surface area contributed by atoms with Gasteiger partial charge in [0, 0.05) is 22.7 Å². The first-order valence-corrected chi connectivity index (χ1v) is 6.97. The Bertz CT molecular complexity index is 917. The zero-order valence-corrected chi connectivity index (χ0v) is 12.3. The number of carbonyl (C=O) groups is 1. The van der Waals surface area contributed by atoms with Crippen molar-refractivity contribution in [2.45, 2.75) is 6.18 Å². The number of aromatic nitrogens is 1. The minimum absolute atomic E-state index is 0.0336. The van der Waals surface area contributed by atoms with Gasteiger partial charge in [0.05, 0.1) is 23.0 Å². The molecule has 0 bridgehead atoms. The van der Waals surface area contributed by atoms with E-state index in [4.69, 9.17) is 5.73 Å². The van der Waals surface area contributed by atoms with Gasteiger partial charge in [-0.1, -0.05) is 24.3 Å². The molecule has 0 aliphatic rings. The monoisotopic (exact) mass is 331 g/mol. The van der Waals surface area contributed by atoms with Crippen molar-refractivity contribution in [2.75, 3.05) is 11.1 Å². The molecular weight excluding hydrogens is 319 g/mol. The van der Waals surface area contributed by atoms with Gasteiger partial charge < -0.3 is 11.1 Å². The maximum absolute atomic E-state index is 12.8. The highest BCUT2D eigenvalue weighted by atomic mass is 19.4. The van der Waals surface area contributed by atoms with Crippen LogP contribution in [-0.4, -0.2) is 10.9 Å². The molecule has 0 fully saturated rings. The Morgan fingerprint density at radius 2 is 1.83 bits per heavy atom. The molecule has 0 unspecified atom stereocenters. The summed E-state index contributed by atoms with van der Waals surface area (Å²) in [6, 6.07) is 9.85. The van der Waals surface area contributed by atoms with Gasteiger partial charge in [-0.05, 0) is 18.2 Å². The highest BCUT2D eigenvalue weighted by Gasteiger charge is 2.31. The SMILES string of the molecule is Nc1ccc(C(F)(F)F)cc1C(=O)Nc1cncc2ccccc12. The quantitative estimate of drug-likeness (QED) is 0.695. The minimum Gasteiger partial charge on any atom is -0.398 e. The Kier molecular flexibility index (Phi) is 3.84. The molecule has 1 heterocycles. The third-order valence-corrected chi connectivity index (χ3v) is 3.54. The highest BCUT2D eigenvalue weighted by Crippen LogP contribution is 2.31. The van der Waals surface area contributed by atoms with Crippen LogP contribution in [0, 0.1) is 0 Å². The van der Waals surface area contributed by atoms with Gasteiger partial charge in [0.25, 0.3) is 5.91 Å². The summed E-state index contributed by atoms with van der Waals surface area (Å²) in [6.45, 7) is 0. The highest BCUT2D eigenvalue weighted by molar-refractivity contribution is 6.11. The predicted molar refractivity (Wildman–Crippen MR) is 85.6 cm³/mol. The van der Waals surface area contributed by atoms with Crippen LogP contribution in [0.4, 0.5) is 24.5 Å². The second-order valence-corrected chi connectivity index (χ2v) is 5.16. The molecule has 2 aromatic carbocycles. The Balaban J connectivity index is 1.98. The van der Waals surface area contributed by atoms with Crippen LogP contribution in [0.3, 0.4) is 0 Å². The number of alkyl halides is 3. The first-order chi connectivity index (χ1) is 11.4. The lowest BCUT2D eigenvalue weighted by Crippen LogP contribution is -2.16. The topological polar surface area (TPSA) is 68.0 Å². The third kappa shape index (κ3) is 3.01. The van der Waals surface area contributed by atoms with Crippen molar-refractivity contribution in [3.05, 3.63) is 66.0 Å². The van der Waals surface area contributed by atoms with E-state index < -0.39 is 17.6 Å². The molecule has 3 rings (SSSR count). The lowest BCUT2D eigenvalue weighted by molar-refractivity contribution is -0.137. The summed E-state index contributed by atoms with van der Waals surface area (Å²) in [5.74, 6) is -0.725. The van der Waals surface area contributed by atoms with Gasteiger partial charge in [-0.3, -0.25) is 9.78 Å². The number of carbonyl (C=O) groups excluding carboxylic acids is 1. The van der Waals surface area contributed by atoms with E-state index in [9.17, 15) is 18.0 Å². The number of fused-ring (bicyclic) bond motifs is 1. The smallest absolute Gasteiger partial charge is 0.398 e. The molecular formula is C17H12F3N3O. The third-order valence-electron chi connectivity index (χ3n) is 3.54. The van der Waals surface area contributed by atoms with E-state index >= 15 is 0 Å². The molecule has 122 valence electrons. The number of hydrogen-bond donors (Lipinski definition) is 2.